The molecule has 2 heterocycles. The molecule has 70 valence electrons. The van der Waals surface area contributed by atoms with Gasteiger partial charge in [-0.3, -0.25) is 4.90 Å². The van der Waals surface area contributed by atoms with Crippen LogP contribution in [0.25, 0.3) is 0 Å². The van der Waals surface area contributed by atoms with Crippen LogP contribution in [0.2, 0.25) is 0 Å². The van der Waals surface area contributed by atoms with Gasteiger partial charge < -0.3 is 5.32 Å². The largest absolute Gasteiger partial charge is 0.312 e. The summed E-state index contributed by atoms with van der Waals surface area (Å²) in [6.07, 6.45) is 2.79. The molecule has 1 N–H and O–H groups in total. The molecule has 0 saturated carbocycles. The molecule has 2 fully saturated rings. The Morgan fingerprint density at radius 3 is 2.50 bits per heavy atom. The first-order chi connectivity index (χ1) is 5.77. The van der Waals surface area contributed by atoms with Crippen molar-refractivity contribution in [1.29, 1.82) is 0 Å². The highest BCUT2D eigenvalue weighted by atomic mass is 15.2. The fourth-order valence-electron chi connectivity index (χ4n) is 2.24. The molecule has 2 saturated heterocycles. The van der Waals surface area contributed by atoms with Gasteiger partial charge in [-0.1, -0.05) is 13.8 Å². The van der Waals surface area contributed by atoms with Gasteiger partial charge in [0.05, 0.1) is 0 Å². The van der Waals surface area contributed by atoms with Crippen molar-refractivity contribution in [1.82, 2.24) is 10.2 Å². The second kappa shape index (κ2) is 3.35. The lowest BCUT2D eigenvalue weighted by molar-refractivity contribution is 0.126. The third-order valence-electron chi connectivity index (χ3n) is 3.35. The number of rotatable bonds is 2. The zero-order chi connectivity index (χ0) is 8.55. The van der Waals surface area contributed by atoms with E-state index in [1.165, 1.54) is 32.5 Å². The van der Waals surface area contributed by atoms with Crippen molar-refractivity contribution in [3.63, 3.8) is 0 Å². The minimum Gasteiger partial charge on any atom is -0.312 e. The molecule has 2 aliphatic rings. The van der Waals surface area contributed by atoms with Crippen LogP contribution in [-0.2, 0) is 0 Å². The minimum absolute atomic E-state index is 0.774. The van der Waals surface area contributed by atoms with E-state index in [4.69, 9.17) is 0 Å². The summed E-state index contributed by atoms with van der Waals surface area (Å²) in [7, 11) is 0. The molecule has 2 heteroatoms. The predicted octanol–water partition coefficient (Wildman–Crippen LogP) is 1.08. The summed E-state index contributed by atoms with van der Waals surface area (Å²) < 4.78 is 0. The summed E-state index contributed by atoms with van der Waals surface area (Å²) in [4.78, 5) is 2.62. The maximum Gasteiger partial charge on any atom is 0.0235 e. The van der Waals surface area contributed by atoms with Crippen LogP contribution in [0, 0.1) is 5.92 Å². The van der Waals surface area contributed by atoms with E-state index >= 15 is 0 Å². The lowest BCUT2D eigenvalue weighted by Crippen LogP contribution is -2.45. The van der Waals surface area contributed by atoms with Gasteiger partial charge in [0.15, 0.2) is 0 Å². The van der Waals surface area contributed by atoms with E-state index in [2.05, 4.69) is 24.1 Å². The second-order valence-electron chi connectivity index (χ2n) is 4.54. The highest BCUT2D eigenvalue weighted by molar-refractivity contribution is 4.91. The lowest BCUT2D eigenvalue weighted by Gasteiger charge is -2.36. The summed E-state index contributed by atoms with van der Waals surface area (Å²) >= 11 is 0. The Kier molecular flexibility index (Phi) is 2.37. The van der Waals surface area contributed by atoms with Crippen LogP contribution in [0.5, 0.6) is 0 Å². The van der Waals surface area contributed by atoms with Gasteiger partial charge >= 0.3 is 0 Å². The standard InChI is InChI=1S/C10H20N2/c1-8(2)10-6-9(7-11-10)12-4-3-5-12/h8-11H,3-7H2,1-2H3. The molecule has 2 unspecified atom stereocenters. The molecule has 2 rings (SSSR count). The Morgan fingerprint density at radius 1 is 1.33 bits per heavy atom. The highest BCUT2D eigenvalue weighted by Gasteiger charge is 2.32. The molecule has 0 amide bonds. The molecule has 2 nitrogen and oxygen atoms in total. The molecule has 0 aromatic heterocycles. The summed E-state index contributed by atoms with van der Waals surface area (Å²) in [6, 6.07) is 1.63. The Labute approximate surface area is 75.3 Å². The lowest BCUT2D eigenvalue weighted by atomic mass is 9.99. The minimum atomic E-state index is 0.774. The smallest absolute Gasteiger partial charge is 0.0235 e. The molecule has 0 radical (unpaired) electrons. The fraction of sp³-hybridized carbons (Fsp3) is 1.00. The fourth-order valence-corrected chi connectivity index (χ4v) is 2.24. The number of nitrogens with zero attached hydrogens (tertiary/aromatic N) is 1. The first-order valence-electron chi connectivity index (χ1n) is 5.25. The first-order valence-corrected chi connectivity index (χ1v) is 5.25. The summed E-state index contributed by atoms with van der Waals surface area (Å²) in [5.74, 6) is 0.802. The van der Waals surface area contributed by atoms with E-state index < -0.39 is 0 Å². The Morgan fingerprint density at radius 2 is 2.08 bits per heavy atom. The highest BCUT2D eigenvalue weighted by Crippen LogP contribution is 2.22. The molecule has 0 bridgehead atoms. The zero-order valence-electron chi connectivity index (χ0n) is 8.21. The van der Waals surface area contributed by atoms with Gasteiger partial charge in [0, 0.05) is 18.6 Å². The van der Waals surface area contributed by atoms with E-state index in [0.717, 1.165) is 18.0 Å². The van der Waals surface area contributed by atoms with Crippen molar-refractivity contribution in [3.8, 4) is 0 Å². The molecule has 2 atom stereocenters. The molecule has 0 spiro atoms. The molecule has 0 aromatic rings. The summed E-state index contributed by atoms with van der Waals surface area (Å²) in [5, 5.41) is 3.61. The van der Waals surface area contributed by atoms with Crippen LogP contribution >= 0.6 is 0 Å². The van der Waals surface area contributed by atoms with Crippen LogP contribution in [-0.4, -0.2) is 36.6 Å². The van der Waals surface area contributed by atoms with Gasteiger partial charge in [-0.05, 0) is 31.8 Å². The number of hydrogen-bond donors (Lipinski definition) is 1. The summed E-state index contributed by atoms with van der Waals surface area (Å²) in [5.41, 5.74) is 0. The average molecular weight is 168 g/mol. The van der Waals surface area contributed by atoms with Gasteiger partial charge in [-0.15, -0.1) is 0 Å². The van der Waals surface area contributed by atoms with Crippen LogP contribution < -0.4 is 5.32 Å². The van der Waals surface area contributed by atoms with Crippen molar-refractivity contribution in [2.75, 3.05) is 19.6 Å². The maximum atomic E-state index is 3.61. The predicted molar refractivity (Wildman–Crippen MR) is 51.2 cm³/mol. The van der Waals surface area contributed by atoms with E-state index in [0.29, 0.717) is 0 Å². The Balaban J connectivity index is 1.81. The van der Waals surface area contributed by atoms with Crippen LogP contribution in [0.4, 0.5) is 0 Å². The van der Waals surface area contributed by atoms with Crippen molar-refractivity contribution < 1.29 is 0 Å². The topological polar surface area (TPSA) is 15.3 Å². The van der Waals surface area contributed by atoms with Gasteiger partial charge in [0.25, 0.3) is 0 Å². The van der Waals surface area contributed by atoms with Gasteiger partial charge in [-0.2, -0.15) is 0 Å². The van der Waals surface area contributed by atoms with Crippen molar-refractivity contribution in [2.45, 2.75) is 38.8 Å². The average Bonchev–Trinajstić information content (AvgIpc) is 2.32. The molecule has 12 heavy (non-hydrogen) atoms. The molecular weight excluding hydrogens is 148 g/mol. The van der Waals surface area contributed by atoms with Crippen molar-refractivity contribution in [3.05, 3.63) is 0 Å². The van der Waals surface area contributed by atoms with Gasteiger partial charge in [-0.25, -0.2) is 0 Å². The third kappa shape index (κ3) is 1.50. The van der Waals surface area contributed by atoms with Crippen molar-refractivity contribution >= 4 is 0 Å². The normalized spacial score (nSPS) is 37.2. The maximum absolute atomic E-state index is 3.61. The van der Waals surface area contributed by atoms with E-state index in [1.807, 2.05) is 0 Å². The first kappa shape index (κ1) is 8.52. The van der Waals surface area contributed by atoms with Crippen molar-refractivity contribution in [2.24, 2.45) is 5.92 Å². The zero-order valence-corrected chi connectivity index (χ0v) is 8.21. The number of likely N-dealkylation sites (tertiary alicyclic amines) is 1. The molecule has 0 aromatic carbocycles. The number of nitrogens with one attached hydrogen (secondary N) is 1. The van der Waals surface area contributed by atoms with Crippen LogP contribution in [0.1, 0.15) is 26.7 Å². The van der Waals surface area contributed by atoms with E-state index in [1.54, 1.807) is 0 Å². The monoisotopic (exact) mass is 168 g/mol. The quantitative estimate of drug-likeness (QED) is 0.663. The summed E-state index contributed by atoms with van der Waals surface area (Å²) in [6.45, 7) is 8.55. The number of hydrogen-bond acceptors (Lipinski definition) is 2. The SMILES string of the molecule is CC(C)C1CC(N2CCC2)CN1. The molecule has 2 aliphatic heterocycles. The second-order valence-corrected chi connectivity index (χ2v) is 4.54. The third-order valence-corrected chi connectivity index (χ3v) is 3.35. The molecular formula is C10H20N2. The van der Waals surface area contributed by atoms with Gasteiger partial charge in [0.2, 0.25) is 0 Å². The van der Waals surface area contributed by atoms with E-state index in [-0.39, 0.29) is 0 Å². The van der Waals surface area contributed by atoms with Crippen LogP contribution in [0.15, 0.2) is 0 Å². The van der Waals surface area contributed by atoms with Crippen LogP contribution in [0.3, 0.4) is 0 Å². The Bertz CT molecular complexity index is 152. The Hall–Kier alpha value is -0.0800. The molecule has 0 aliphatic carbocycles. The van der Waals surface area contributed by atoms with E-state index in [9.17, 15) is 0 Å². The van der Waals surface area contributed by atoms with Gasteiger partial charge in [0.1, 0.15) is 0 Å².